The van der Waals surface area contributed by atoms with Crippen molar-refractivity contribution in [3.05, 3.63) is 59.9 Å². The van der Waals surface area contributed by atoms with E-state index in [0.717, 1.165) is 5.69 Å². The van der Waals surface area contributed by atoms with Crippen molar-refractivity contribution in [3.63, 3.8) is 0 Å². The molecule has 0 aliphatic carbocycles. The van der Waals surface area contributed by atoms with E-state index in [2.05, 4.69) is 15.1 Å². The second kappa shape index (κ2) is 4.78. The topological polar surface area (TPSA) is 43.6 Å². The molecule has 0 bridgehead atoms. The third kappa shape index (κ3) is 2.46. The molecule has 94 valence electrons. The molecule has 0 aliphatic heterocycles. The Labute approximate surface area is 113 Å². The zero-order valence-electron chi connectivity index (χ0n) is 9.66. The third-order valence-corrected chi connectivity index (χ3v) is 2.76. The summed E-state index contributed by atoms with van der Waals surface area (Å²) in [7, 11) is 0. The maximum atomic E-state index is 12.8. The van der Waals surface area contributed by atoms with E-state index in [-0.39, 0.29) is 5.82 Å². The molecule has 4 nitrogen and oxygen atoms in total. The molecule has 0 N–H and O–H groups in total. The van der Waals surface area contributed by atoms with Crippen LogP contribution >= 0.6 is 11.6 Å². The molecule has 2 aromatic heterocycles. The maximum absolute atomic E-state index is 12.8. The number of benzene rings is 1. The molecule has 0 radical (unpaired) electrons. The van der Waals surface area contributed by atoms with Gasteiger partial charge in [-0.2, -0.15) is 5.10 Å². The molecule has 2 heterocycles. The van der Waals surface area contributed by atoms with Crippen LogP contribution < -0.4 is 0 Å². The van der Waals surface area contributed by atoms with Gasteiger partial charge in [0, 0.05) is 6.20 Å². The summed E-state index contributed by atoms with van der Waals surface area (Å²) in [6, 6.07) is 7.89. The standard InChI is InChI=1S/C13H8ClFN4/c14-13-8-16-12(7-17-13)11-5-6-19(18-11)10-3-1-9(15)2-4-10/h1-8H. The van der Waals surface area contributed by atoms with E-state index in [1.165, 1.54) is 18.3 Å². The van der Waals surface area contributed by atoms with Crippen LogP contribution in [0.2, 0.25) is 5.15 Å². The lowest BCUT2D eigenvalue weighted by molar-refractivity contribution is 0.627. The Morgan fingerprint density at radius 3 is 2.42 bits per heavy atom. The van der Waals surface area contributed by atoms with E-state index in [1.54, 1.807) is 35.3 Å². The first-order valence-electron chi connectivity index (χ1n) is 5.52. The highest BCUT2D eigenvalue weighted by atomic mass is 35.5. The molecule has 0 aliphatic rings. The molecule has 19 heavy (non-hydrogen) atoms. The van der Waals surface area contributed by atoms with Gasteiger partial charge in [0.2, 0.25) is 0 Å². The van der Waals surface area contributed by atoms with Crippen LogP contribution in [-0.4, -0.2) is 19.7 Å². The highest BCUT2D eigenvalue weighted by Gasteiger charge is 2.05. The lowest BCUT2D eigenvalue weighted by Crippen LogP contribution is -1.95. The fourth-order valence-corrected chi connectivity index (χ4v) is 1.74. The Balaban J connectivity index is 1.95. The summed E-state index contributed by atoms with van der Waals surface area (Å²) >= 11 is 5.68. The quantitative estimate of drug-likeness (QED) is 0.721. The van der Waals surface area contributed by atoms with Crippen molar-refractivity contribution >= 4 is 11.6 Å². The lowest BCUT2D eigenvalue weighted by atomic mass is 10.3. The largest absolute Gasteiger partial charge is 0.250 e. The van der Waals surface area contributed by atoms with Crippen LogP contribution in [0.15, 0.2) is 48.9 Å². The maximum Gasteiger partial charge on any atom is 0.147 e. The van der Waals surface area contributed by atoms with E-state index in [0.29, 0.717) is 16.5 Å². The number of halogens is 2. The summed E-state index contributed by atoms with van der Waals surface area (Å²) in [5.74, 6) is -0.278. The van der Waals surface area contributed by atoms with E-state index >= 15 is 0 Å². The zero-order valence-corrected chi connectivity index (χ0v) is 10.4. The molecule has 3 rings (SSSR count). The van der Waals surface area contributed by atoms with Crippen LogP contribution in [0.1, 0.15) is 0 Å². The van der Waals surface area contributed by atoms with Gasteiger partial charge in [0.25, 0.3) is 0 Å². The molecule has 0 fully saturated rings. The summed E-state index contributed by atoms with van der Waals surface area (Å²) in [6.45, 7) is 0. The summed E-state index contributed by atoms with van der Waals surface area (Å²) in [6.07, 6.45) is 4.80. The first kappa shape index (κ1) is 11.8. The molecule has 3 aromatic rings. The second-order valence-electron chi connectivity index (χ2n) is 3.85. The summed E-state index contributed by atoms with van der Waals surface area (Å²) in [5.41, 5.74) is 2.08. The molecule has 0 saturated heterocycles. The predicted molar refractivity (Wildman–Crippen MR) is 69.6 cm³/mol. The first-order valence-corrected chi connectivity index (χ1v) is 5.90. The minimum atomic E-state index is -0.278. The monoisotopic (exact) mass is 274 g/mol. The van der Waals surface area contributed by atoms with Crippen molar-refractivity contribution in [3.8, 4) is 17.1 Å². The van der Waals surface area contributed by atoms with Crippen LogP contribution in [-0.2, 0) is 0 Å². The van der Waals surface area contributed by atoms with E-state index in [9.17, 15) is 4.39 Å². The fraction of sp³-hybridized carbons (Fsp3) is 0. The average molecular weight is 275 g/mol. The molecule has 0 spiro atoms. The molecule has 1 aromatic carbocycles. The van der Waals surface area contributed by atoms with Gasteiger partial charge < -0.3 is 0 Å². The minimum absolute atomic E-state index is 0.278. The summed E-state index contributed by atoms with van der Waals surface area (Å²) < 4.78 is 14.5. The molecule has 6 heteroatoms. The van der Waals surface area contributed by atoms with Crippen molar-refractivity contribution in [2.45, 2.75) is 0 Å². The van der Waals surface area contributed by atoms with Gasteiger partial charge in [0.1, 0.15) is 22.4 Å². The second-order valence-corrected chi connectivity index (χ2v) is 4.23. The van der Waals surface area contributed by atoms with Gasteiger partial charge >= 0.3 is 0 Å². The first-order chi connectivity index (χ1) is 9.22. The number of hydrogen-bond acceptors (Lipinski definition) is 3. The number of rotatable bonds is 2. The van der Waals surface area contributed by atoms with Crippen molar-refractivity contribution in [2.24, 2.45) is 0 Å². The lowest BCUT2D eigenvalue weighted by Gasteiger charge is -2.00. The smallest absolute Gasteiger partial charge is 0.147 e. The Morgan fingerprint density at radius 1 is 0.947 bits per heavy atom. The van der Waals surface area contributed by atoms with E-state index in [1.807, 2.05) is 0 Å². The van der Waals surface area contributed by atoms with Gasteiger partial charge in [0.15, 0.2) is 0 Å². The van der Waals surface area contributed by atoms with Crippen molar-refractivity contribution in [2.75, 3.05) is 0 Å². The van der Waals surface area contributed by atoms with Crippen molar-refractivity contribution in [1.29, 1.82) is 0 Å². The van der Waals surface area contributed by atoms with Gasteiger partial charge in [-0.25, -0.2) is 19.0 Å². The highest BCUT2D eigenvalue weighted by Crippen LogP contribution is 2.16. The van der Waals surface area contributed by atoms with E-state index in [4.69, 9.17) is 11.6 Å². The predicted octanol–water partition coefficient (Wildman–Crippen LogP) is 3.12. The van der Waals surface area contributed by atoms with Crippen LogP contribution in [0.3, 0.4) is 0 Å². The number of hydrogen-bond donors (Lipinski definition) is 0. The third-order valence-electron chi connectivity index (χ3n) is 2.56. The van der Waals surface area contributed by atoms with Crippen LogP contribution in [0.25, 0.3) is 17.1 Å². The van der Waals surface area contributed by atoms with Gasteiger partial charge in [-0.15, -0.1) is 0 Å². The van der Waals surface area contributed by atoms with Crippen LogP contribution in [0, 0.1) is 5.82 Å². The van der Waals surface area contributed by atoms with Gasteiger partial charge in [-0.1, -0.05) is 11.6 Å². The van der Waals surface area contributed by atoms with Gasteiger partial charge in [-0.05, 0) is 30.3 Å². The molecular weight excluding hydrogens is 267 g/mol. The molecule has 0 unspecified atom stereocenters. The highest BCUT2D eigenvalue weighted by molar-refractivity contribution is 6.29. The summed E-state index contributed by atoms with van der Waals surface area (Å²) in [4.78, 5) is 8.09. The van der Waals surface area contributed by atoms with Crippen LogP contribution in [0.5, 0.6) is 0 Å². The summed E-state index contributed by atoms with van der Waals surface area (Å²) in [5, 5.41) is 4.69. The molecule has 0 amide bonds. The van der Waals surface area contributed by atoms with E-state index < -0.39 is 0 Å². The SMILES string of the molecule is Fc1ccc(-n2ccc(-c3cnc(Cl)cn3)n2)cc1. The van der Waals surface area contributed by atoms with Crippen molar-refractivity contribution < 1.29 is 4.39 Å². The minimum Gasteiger partial charge on any atom is -0.250 e. The Kier molecular flexibility index (Phi) is 2.97. The molecular formula is C13H8ClFN4. The Hall–Kier alpha value is -2.27. The number of nitrogens with zero attached hydrogens (tertiary/aromatic N) is 4. The normalized spacial score (nSPS) is 10.6. The van der Waals surface area contributed by atoms with Gasteiger partial charge in [-0.3, -0.25) is 0 Å². The van der Waals surface area contributed by atoms with Crippen molar-refractivity contribution in [1.82, 2.24) is 19.7 Å². The average Bonchev–Trinajstić information content (AvgIpc) is 2.90. The Morgan fingerprint density at radius 2 is 1.74 bits per heavy atom. The van der Waals surface area contributed by atoms with Gasteiger partial charge in [0.05, 0.1) is 18.1 Å². The molecule has 0 saturated carbocycles. The zero-order chi connectivity index (χ0) is 13.2. The molecule has 0 atom stereocenters. The Bertz CT molecular complexity index is 631. The van der Waals surface area contributed by atoms with Crippen LogP contribution in [0.4, 0.5) is 4.39 Å². The number of aromatic nitrogens is 4. The fourth-order valence-electron chi connectivity index (χ4n) is 1.64.